The van der Waals surface area contributed by atoms with Crippen LogP contribution >= 0.6 is 0 Å². The number of aromatic nitrogens is 2. The minimum absolute atomic E-state index is 0.00747. The number of ether oxygens (including phenoxy) is 1. The summed E-state index contributed by atoms with van der Waals surface area (Å²) in [5.41, 5.74) is 1.83. The van der Waals surface area contributed by atoms with Gasteiger partial charge in [-0.1, -0.05) is 12.1 Å². The van der Waals surface area contributed by atoms with Crippen molar-refractivity contribution in [2.45, 2.75) is 44.7 Å². The minimum Gasteiger partial charge on any atom is -0.494 e. The number of aryl methyl sites for hydroxylation is 2. The number of methoxy groups -OCH3 is 1. The van der Waals surface area contributed by atoms with Gasteiger partial charge < -0.3 is 30.1 Å². The van der Waals surface area contributed by atoms with E-state index in [2.05, 4.69) is 25.5 Å². The largest absolute Gasteiger partial charge is 0.494 e. The quantitative estimate of drug-likeness (QED) is 0.324. The second-order valence-electron chi connectivity index (χ2n) is 12.4. The molecule has 0 spiro atoms. The number of nitrogens with one attached hydrogen (secondary N) is 2. The van der Waals surface area contributed by atoms with Crippen molar-refractivity contribution in [3.63, 3.8) is 0 Å². The predicted molar refractivity (Wildman–Crippen MR) is 171 cm³/mol. The van der Waals surface area contributed by atoms with Crippen LogP contribution in [0.3, 0.4) is 0 Å². The molecule has 1 aromatic heterocycles. The Labute approximate surface area is 266 Å². The van der Waals surface area contributed by atoms with Gasteiger partial charge in [0.05, 0.1) is 29.5 Å². The summed E-state index contributed by atoms with van der Waals surface area (Å²) in [6.07, 6.45) is -3.10. The fourth-order valence-electron chi connectivity index (χ4n) is 5.99. The van der Waals surface area contributed by atoms with Gasteiger partial charge >= 0.3 is 6.18 Å². The molecule has 2 aliphatic rings. The highest BCUT2D eigenvalue weighted by molar-refractivity contribution is 6.06. The molecule has 1 saturated heterocycles. The Morgan fingerprint density at radius 2 is 1.85 bits per heavy atom. The number of rotatable bonds is 10. The predicted octanol–water partition coefficient (Wildman–Crippen LogP) is 4.86. The average molecular weight is 640 g/mol. The molecule has 13 heteroatoms. The first-order valence-electron chi connectivity index (χ1n) is 15.3. The molecule has 2 aliphatic heterocycles. The van der Waals surface area contributed by atoms with Crippen LogP contribution in [0.5, 0.6) is 5.75 Å². The molecule has 5 rings (SSSR count). The van der Waals surface area contributed by atoms with Crippen molar-refractivity contribution in [1.29, 1.82) is 0 Å². The van der Waals surface area contributed by atoms with Gasteiger partial charge in [0.2, 0.25) is 17.8 Å². The monoisotopic (exact) mass is 639 g/mol. The van der Waals surface area contributed by atoms with Crippen molar-refractivity contribution in [2.24, 2.45) is 0 Å². The van der Waals surface area contributed by atoms with Crippen LogP contribution in [0.25, 0.3) is 0 Å². The molecule has 0 saturated carbocycles. The molecule has 46 heavy (non-hydrogen) atoms. The molecule has 0 radical (unpaired) electrons. The van der Waals surface area contributed by atoms with Gasteiger partial charge in [-0.15, -0.1) is 0 Å². The fraction of sp³-hybridized carbons (Fsp3) is 0.455. The maximum Gasteiger partial charge on any atom is 0.419 e. The van der Waals surface area contributed by atoms with E-state index in [-0.39, 0.29) is 36.3 Å². The van der Waals surface area contributed by atoms with Crippen LogP contribution in [0.2, 0.25) is 0 Å². The maximum atomic E-state index is 14.0. The lowest BCUT2D eigenvalue weighted by Crippen LogP contribution is -2.49. The van der Waals surface area contributed by atoms with Gasteiger partial charge in [0.1, 0.15) is 5.75 Å². The van der Waals surface area contributed by atoms with Crippen LogP contribution in [0.1, 0.15) is 42.7 Å². The van der Waals surface area contributed by atoms with Crippen molar-refractivity contribution >= 4 is 34.8 Å². The number of hydrogen-bond acceptors (Lipinski definition) is 8. The number of fused-ring (bicyclic) bond motifs is 1. The van der Waals surface area contributed by atoms with Gasteiger partial charge in [0.25, 0.3) is 0 Å². The zero-order valence-corrected chi connectivity index (χ0v) is 26.8. The highest BCUT2D eigenvalue weighted by Gasteiger charge is 2.40. The Morgan fingerprint density at radius 1 is 1.11 bits per heavy atom. The van der Waals surface area contributed by atoms with Gasteiger partial charge in [0.15, 0.2) is 0 Å². The third kappa shape index (κ3) is 7.04. The van der Waals surface area contributed by atoms with Crippen LogP contribution in [-0.2, 0) is 34.0 Å². The van der Waals surface area contributed by atoms with Gasteiger partial charge in [-0.05, 0) is 70.1 Å². The van der Waals surface area contributed by atoms with Gasteiger partial charge in [-0.3, -0.25) is 9.59 Å². The molecule has 2 aromatic carbocycles. The lowest BCUT2D eigenvalue weighted by atomic mass is 9.82. The van der Waals surface area contributed by atoms with E-state index in [1.54, 1.807) is 32.0 Å². The second kappa shape index (κ2) is 13.1. The SMILES string of the molecule is COc1cc(N2CCN(C(=O)CCN(C)C)CC2)ccc1Nc1ncc(C(F)(F)F)c(CCc2cccc3c2C(C)(C)C(=O)N3)n1. The number of carbonyl (C=O) groups excluding carboxylic acids is 2. The summed E-state index contributed by atoms with van der Waals surface area (Å²) < 4.78 is 47.6. The highest BCUT2D eigenvalue weighted by Crippen LogP contribution is 2.40. The van der Waals surface area contributed by atoms with Gasteiger partial charge in [0, 0.05) is 62.8 Å². The van der Waals surface area contributed by atoms with Crippen molar-refractivity contribution in [3.05, 3.63) is 65.0 Å². The Balaban J connectivity index is 1.31. The van der Waals surface area contributed by atoms with E-state index in [0.29, 0.717) is 56.3 Å². The summed E-state index contributed by atoms with van der Waals surface area (Å²) in [4.78, 5) is 39.4. The number of amides is 2. The maximum absolute atomic E-state index is 14.0. The molecule has 10 nitrogen and oxygen atoms in total. The Morgan fingerprint density at radius 3 is 2.52 bits per heavy atom. The Hall–Kier alpha value is -4.39. The standard InChI is InChI=1S/C33H40F3N7O3/c1-32(2)29-21(7-6-8-26(29)38-30(32)45)9-11-24-23(33(34,35)36)20-37-31(39-24)40-25-12-10-22(19-27(25)46-5)42-15-17-43(18-16-42)28(44)13-14-41(3)4/h6-8,10,12,19-20H,9,11,13-18H2,1-5H3,(H,38,45)(H,37,39,40). The van der Waals surface area contributed by atoms with Crippen LogP contribution in [0.15, 0.2) is 42.6 Å². The first-order chi connectivity index (χ1) is 21.8. The number of alkyl halides is 3. The van der Waals surface area contributed by atoms with E-state index < -0.39 is 17.2 Å². The summed E-state index contributed by atoms with van der Waals surface area (Å²) in [6, 6.07) is 10.9. The lowest BCUT2D eigenvalue weighted by molar-refractivity contribution is -0.138. The topological polar surface area (TPSA) is 103 Å². The zero-order valence-electron chi connectivity index (χ0n) is 26.8. The van der Waals surface area contributed by atoms with Crippen LogP contribution in [0, 0.1) is 0 Å². The molecule has 3 heterocycles. The molecule has 0 unspecified atom stereocenters. The summed E-state index contributed by atoms with van der Waals surface area (Å²) >= 11 is 0. The number of piperazine rings is 1. The van der Waals surface area contributed by atoms with Crippen molar-refractivity contribution in [2.75, 3.05) is 69.5 Å². The van der Waals surface area contributed by atoms with E-state index in [9.17, 15) is 22.8 Å². The molecular weight excluding hydrogens is 599 g/mol. The fourth-order valence-corrected chi connectivity index (χ4v) is 5.99. The van der Waals surface area contributed by atoms with Crippen molar-refractivity contribution in [1.82, 2.24) is 19.8 Å². The zero-order chi connectivity index (χ0) is 33.2. The van der Waals surface area contributed by atoms with E-state index in [0.717, 1.165) is 23.0 Å². The van der Waals surface area contributed by atoms with Gasteiger partial charge in [-0.2, -0.15) is 13.2 Å². The third-order valence-electron chi connectivity index (χ3n) is 8.60. The van der Waals surface area contributed by atoms with E-state index >= 15 is 0 Å². The highest BCUT2D eigenvalue weighted by atomic mass is 19.4. The molecule has 1 fully saturated rings. The summed E-state index contributed by atoms with van der Waals surface area (Å²) in [7, 11) is 5.41. The van der Waals surface area contributed by atoms with Crippen LogP contribution in [0.4, 0.5) is 36.2 Å². The van der Waals surface area contributed by atoms with Crippen molar-refractivity contribution < 1.29 is 27.5 Å². The lowest BCUT2D eigenvalue weighted by Gasteiger charge is -2.36. The number of anilines is 4. The van der Waals surface area contributed by atoms with Crippen molar-refractivity contribution in [3.8, 4) is 5.75 Å². The van der Waals surface area contributed by atoms with E-state index in [4.69, 9.17) is 4.74 Å². The normalized spacial score (nSPS) is 16.0. The van der Waals surface area contributed by atoms with E-state index in [1.165, 1.54) is 7.11 Å². The Kier molecular flexibility index (Phi) is 9.43. The average Bonchev–Trinajstić information content (AvgIpc) is 3.26. The van der Waals surface area contributed by atoms with Gasteiger partial charge in [-0.25, -0.2) is 9.97 Å². The van der Waals surface area contributed by atoms with E-state index in [1.807, 2.05) is 42.1 Å². The molecular formula is C33H40F3N7O3. The second-order valence-corrected chi connectivity index (χ2v) is 12.4. The Bertz CT molecular complexity index is 1600. The molecule has 0 bridgehead atoms. The summed E-state index contributed by atoms with van der Waals surface area (Å²) in [5.74, 6) is 0.484. The number of nitrogens with zero attached hydrogens (tertiary/aromatic N) is 5. The van der Waals surface area contributed by atoms with Crippen LogP contribution < -0.4 is 20.3 Å². The molecule has 0 atom stereocenters. The summed E-state index contributed by atoms with van der Waals surface area (Å²) in [5, 5.41) is 5.89. The number of benzene rings is 2. The third-order valence-corrected chi connectivity index (χ3v) is 8.60. The first-order valence-corrected chi connectivity index (χ1v) is 15.3. The minimum atomic E-state index is -4.64. The molecule has 3 aromatic rings. The molecule has 0 aliphatic carbocycles. The van der Waals surface area contributed by atoms with Crippen LogP contribution in [-0.4, -0.2) is 85.5 Å². The molecule has 246 valence electrons. The smallest absolute Gasteiger partial charge is 0.419 e. The number of halogens is 3. The summed E-state index contributed by atoms with van der Waals surface area (Å²) in [6.45, 7) is 6.89. The number of hydrogen-bond donors (Lipinski definition) is 2. The number of carbonyl (C=O) groups is 2. The first kappa shape index (κ1) is 33.0. The molecule has 2 N–H and O–H groups in total. The molecule has 2 amide bonds.